The van der Waals surface area contributed by atoms with Crippen LogP contribution in [0.3, 0.4) is 0 Å². The van der Waals surface area contributed by atoms with Crippen LogP contribution < -0.4 is 5.73 Å². The summed E-state index contributed by atoms with van der Waals surface area (Å²) in [4.78, 5) is 0. The third kappa shape index (κ3) is 1.90. The molecule has 2 aromatic heterocycles. The van der Waals surface area contributed by atoms with E-state index in [-0.39, 0.29) is 0 Å². The fourth-order valence-electron chi connectivity index (χ4n) is 2.46. The predicted octanol–water partition coefficient (Wildman–Crippen LogP) is 3.64. The summed E-state index contributed by atoms with van der Waals surface area (Å²) in [7, 11) is 0. The minimum Gasteiger partial charge on any atom is -0.466 e. The summed E-state index contributed by atoms with van der Waals surface area (Å²) < 4.78 is 7.41. The molecule has 0 aliphatic heterocycles. The predicted molar refractivity (Wildman–Crippen MR) is 79.9 cm³/mol. The van der Waals surface area contributed by atoms with E-state index in [2.05, 4.69) is 5.10 Å². The molecule has 0 saturated heterocycles. The van der Waals surface area contributed by atoms with Gasteiger partial charge in [0, 0.05) is 11.6 Å². The Labute approximate surface area is 117 Å². The van der Waals surface area contributed by atoms with E-state index in [1.165, 1.54) is 0 Å². The zero-order valence-electron chi connectivity index (χ0n) is 11.8. The largest absolute Gasteiger partial charge is 0.466 e. The number of hydrogen-bond acceptors (Lipinski definition) is 3. The Bertz CT molecular complexity index is 754. The molecule has 0 aliphatic carbocycles. The van der Waals surface area contributed by atoms with E-state index in [1.54, 1.807) is 4.68 Å². The Balaban J connectivity index is 2.14. The molecule has 0 bridgehead atoms. The molecule has 20 heavy (non-hydrogen) atoms. The van der Waals surface area contributed by atoms with Gasteiger partial charge in [-0.1, -0.05) is 18.2 Å². The first-order valence-electron chi connectivity index (χ1n) is 6.56. The van der Waals surface area contributed by atoms with Gasteiger partial charge in [0.1, 0.15) is 17.3 Å². The highest BCUT2D eigenvalue weighted by Crippen LogP contribution is 2.32. The molecule has 0 unspecified atom stereocenters. The minimum absolute atomic E-state index is 0.615. The second-order valence-corrected chi connectivity index (χ2v) is 4.92. The average molecular weight is 267 g/mol. The summed E-state index contributed by atoms with van der Waals surface area (Å²) in [6.07, 6.45) is 0. The number of nitrogen functional groups attached to an aromatic ring is 1. The zero-order valence-corrected chi connectivity index (χ0v) is 11.8. The van der Waals surface area contributed by atoms with Crippen molar-refractivity contribution in [3.63, 3.8) is 0 Å². The summed E-state index contributed by atoms with van der Waals surface area (Å²) in [5, 5.41) is 4.62. The molecule has 2 N–H and O–H groups in total. The normalized spacial score (nSPS) is 10.9. The zero-order chi connectivity index (χ0) is 14.3. The summed E-state index contributed by atoms with van der Waals surface area (Å²) >= 11 is 0. The van der Waals surface area contributed by atoms with Gasteiger partial charge in [0.15, 0.2) is 0 Å². The number of furan rings is 1. The Morgan fingerprint density at radius 1 is 1.05 bits per heavy atom. The van der Waals surface area contributed by atoms with Crippen molar-refractivity contribution in [2.45, 2.75) is 20.8 Å². The molecule has 2 heterocycles. The Kier molecular flexibility index (Phi) is 2.86. The number of nitrogens with two attached hydrogens (primary N) is 1. The van der Waals surface area contributed by atoms with E-state index in [0.29, 0.717) is 5.82 Å². The molecule has 0 radical (unpaired) electrons. The van der Waals surface area contributed by atoms with Gasteiger partial charge in [-0.15, -0.1) is 0 Å². The second kappa shape index (κ2) is 4.56. The topological polar surface area (TPSA) is 57.0 Å². The monoisotopic (exact) mass is 267 g/mol. The number of benzene rings is 1. The van der Waals surface area contributed by atoms with E-state index < -0.39 is 0 Å². The molecule has 0 spiro atoms. The Morgan fingerprint density at radius 2 is 1.75 bits per heavy atom. The van der Waals surface area contributed by atoms with Gasteiger partial charge in [-0.2, -0.15) is 5.10 Å². The van der Waals surface area contributed by atoms with Crippen LogP contribution >= 0.6 is 0 Å². The number of nitrogens with zero attached hydrogens (tertiary/aromatic N) is 2. The lowest BCUT2D eigenvalue weighted by Crippen LogP contribution is -2.01. The number of para-hydroxylation sites is 1. The fourth-order valence-corrected chi connectivity index (χ4v) is 2.46. The van der Waals surface area contributed by atoms with Crippen LogP contribution in [0, 0.1) is 20.8 Å². The van der Waals surface area contributed by atoms with Crippen molar-refractivity contribution in [1.29, 1.82) is 0 Å². The maximum atomic E-state index is 6.09. The molecule has 3 aromatic rings. The average Bonchev–Trinajstić information content (AvgIpc) is 2.92. The first-order chi connectivity index (χ1) is 9.58. The van der Waals surface area contributed by atoms with Crippen LogP contribution in [-0.4, -0.2) is 9.78 Å². The third-order valence-corrected chi connectivity index (χ3v) is 3.56. The SMILES string of the molecule is Cc1oc(C)c(-c2cc(N)n(-c3ccccc3)n2)c1C. The van der Waals surface area contributed by atoms with E-state index in [1.807, 2.05) is 57.2 Å². The molecule has 4 heteroatoms. The van der Waals surface area contributed by atoms with Crippen molar-refractivity contribution in [3.05, 3.63) is 53.5 Å². The standard InChI is InChI=1S/C16H17N3O/c1-10-11(2)20-12(3)16(10)14-9-15(17)19(18-14)13-7-5-4-6-8-13/h4-9H,17H2,1-3H3. The molecule has 3 rings (SSSR count). The first kappa shape index (κ1) is 12.5. The van der Waals surface area contributed by atoms with Gasteiger partial charge >= 0.3 is 0 Å². The Hall–Kier alpha value is -2.49. The fraction of sp³-hybridized carbons (Fsp3) is 0.188. The lowest BCUT2D eigenvalue weighted by atomic mass is 10.1. The van der Waals surface area contributed by atoms with Gasteiger partial charge in [-0.05, 0) is 38.5 Å². The first-order valence-corrected chi connectivity index (χ1v) is 6.56. The molecular formula is C16H17N3O. The van der Waals surface area contributed by atoms with E-state index in [4.69, 9.17) is 10.2 Å². The lowest BCUT2D eigenvalue weighted by Gasteiger charge is -2.02. The van der Waals surface area contributed by atoms with Crippen LogP contribution in [0.25, 0.3) is 16.9 Å². The minimum atomic E-state index is 0.615. The van der Waals surface area contributed by atoms with Gasteiger partial charge in [0.2, 0.25) is 0 Å². The van der Waals surface area contributed by atoms with Crippen molar-refractivity contribution in [3.8, 4) is 16.9 Å². The molecular weight excluding hydrogens is 250 g/mol. The van der Waals surface area contributed by atoms with Gasteiger partial charge < -0.3 is 10.2 Å². The summed E-state index contributed by atoms with van der Waals surface area (Å²) in [5.41, 5.74) is 10.0. The molecule has 0 amide bonds. The molecule has 1 aromatic carbocycles. The van der Waals surface area contributed by atoms with Crippen molar-refractivity contribution < 1.29 is 4.42 Å². The molecule has 0 fully saturated rings. The summed E-state index contributed by atoms with van der Waals surface area (Å²) in [5.74, 6) is 2.41. The van der Waals surface area contributed by atoms with Crippen LogP contribution in [0.4, 0.5) is 5.82 Å². The van der Waals surface area contributed by atoms with Crippen LogP contribution in [0.2, 0.25) is 0 Å². The van der Waals surface area contributed by atoms with Gasteiger partial charge in [0.25, 0.3) is 0 Å². The highest BCUT2D eigenvalue weighted by atomic mass is 16.3. The van der Waals surface area contributed by atoms with Gasteiger partial charge in [-0.25, -0.2) is 4.68 Å². The van der Waals surface area contributed by atoms with Crippen molar-refractivity contribution in [2.75, 3.05) is 5.73 Å². The van der Waals surface area contributed by atoms with Crippen LogP contribution in [0.15, 0.2) is 40.8 Å². The van der Waals surface area contributed by atoms with Gasteiger partial charge in [-0.3, -0.25) is 0 Å². The molecule has 0 saturated carbocycles. The lowest BCUT2D eigenvalue weighted by molar-refractivity contribution is 0.503. The van der Waals surface area contributed by atoms with E-state index >= 15 is 0 Å². The number of aromatic nitrogens is 2. The number of rotatable bonds is 2. The second-order valence-electron chi connectivity index (χ2n) is 4.92. The van der Waals surface area contributed by atoms with Crippen LogP contribution in [0.1, 0.15) is 17.1 Å². The van der Waals surface area contributed by atoms with Crippen molar-refractivity contribution >= 4 is 5.82 Å². The maximum Gasteiger partial charge on any atom is 0.127 e. The smallest absolute Gasteiger partial charge is 0.127 e. The quantitative estimate of drug-likeness (QED) is 0.771. The maximum absolute atomic E-state index is 6.09. The highest BCUT2D eigenvalue weighted by molar-refractivity contribution is 5.69. The highest BCUT2D eigenvalue weighted by Gasteiger charge is 2.17. The van der Waals surface area contributed by atoms with E-state index in [0.717, 1.165) is 34.0 Å². The molecule has 0 aliphatic rings. The van der Waals surface area contributed by atoms with Crippen LogP contribution in [-0.2, 0) is 0 Å². The number of aryl methyl sites for hydroxylation is 2. The third-order valence-electron chi connectivity index (χ3n) is 3.56. The molecule has 0 atom stereocenters. The van der Waals surface area contributed by atoms with E-state index in [9.17, 15) is 0 Å². The van der Waals surface area contributed by atoms with Gasteiger partial charge in [0.05, 0.1) is 11.4 Å². The summed E-state index contributed by atoms with van der Waals surface area (Å²) in [6, 6.07) is 11.7. The number of anilines is 1. The molecule has 102 valence electrons. The number of hydrogen-bond donors (Lipinski definition) is 1. The van der Waals surface area contributed by atoms with Crippen LogP contribution in [0.5, 0.6) is 0 Å². The Morgan fingerprint density at radius 3 is 2.35 bits per heavy atom. The molecule has 4 nitrogen and oxygen atoms in total. The van der Waals surface area contributed by atoms with Crippen molar-refractivity contribution in [2.24, 2.45) is 0 Å². The van der Waals surface area contributed by atoms with Crippen molar-refractivity contribution in [1.82, 2.24) is 9.78 Å². The summed E-state index contributed by atoms with van der Waals surface area (Å²) in [6.45, 7) is 5.95.